The Balaban J connectivity index is 1.93. The minimum atomic E-state index is -0.00575. The Hall–Kier alpha value is -0.240. The average molecular weight is 216 g/mol. The van der Waals surface area contributed by atoms with E-state index in [4.69, 9.17) is 11.6 Å². The summed E-state index contributed by atoms with van der Waals surface area (Å²) >= 11 is 5.84. The smallest absolute Gasteiger partial charge is 0.228 e. The van der Waals surface area contributed by atoms with E-state index in [1.54, 1.807) is 0 Å². The van der Waals surface area contributed by atoms with E-state index in [2.05, 4.69) is 6.92 Å². The third-order valence-electron chi connectivity index (χ3n) is 3.54. The Morgan fingerprint density at radius 3 is 2.86 bits per heavy atom. The van der Waals surface area contributed by atoms with E-state index in [0.717, 1.165) is 32.4 Å². The fourth-order valence-electron chi connectivity index (χ4n) is 2.16. The minimum Gasteiger partial charge on any atom is -0.342 e. The van der Waals surface area contributed by atoms with Gasteiger partial charge >= 0.3 is 0 Å². The van der Waals surface area contributed by atoms with E-state index in [1.165, 1.54) is 6.42 Å². The van der Waals surface area contributed by atoms with Gasteiger partial charge in [-0.2, -0.15) is 0 Å². The number of halogens is 1. The van der Waals surface area contributed by atoms with Crippen molar-refractivity contribution in [2.75, 3.05) is 19.0 Å². The van der Waals surface area contributed by atoms with Crippen molar-refractivity contribution in [1.29, 1.82) is 0 Å². The van der Waals surface area contributed by atoms with Gasteiger partial charge in [-0.1, -0.05) is 6.92 Å². The fraction of sp³-hybridized carbons (Fsp3) is 0.909. The van der Waals surface area contributed by atoms with Crippen LogP contribution in [0.5, 0.6) is 0 Å². The SMILES string of the molecule is CC1(C(=O)N2CCCC(CCl)C2)CC1. The minimum absolute atomic E-state index is 0.00575. The van der Waals surface area contributed by atoms with E-state index in [9.17, 15) is 4.79 Å². The monoisotopic (exact) mass is 215 g/mol. The Kier molecular flexibility index (Phi) is 2.74. The lowest BCUT2D eigenvalue weighted by Crippen LogP contribution is -2.43. The molecule has 0 bridgehead atoms. The van der Waals surface area contributed by atoms with Crippen molar-refractivity contribution in [1.82, 2.24) is 4.90 Å². The third-order valence-corrected chi connectivity index (χ3v) is 3.98. The highest BCUT2D eigenvalue weighted by Crippen LogP contribution is 2.46. The summed E-state index contributed by atoms with van der Waals surface area (Å²) in [5.41, 5.74) is -0.00575. The summed E-state index contributed by atoms with van der Waals surface area (Å²) in [5, 5.41) is 0. The number of rotatable bonds is 2. The second kappa shape index (κ2) is 3.73. The largest absolute Gasteiger partial charge is 0.342 e. The standard InChI is InChI=1S/C11H18ClNO/c1-11(4-5-11)10(14)13-6-2-3-9(7-12)8-13/h9H,2-8H2,1H3. The van der Waals surface area contributed by atoms with Gasteiger partial charge in [0.25, 0.3) is 0 Å². The van der Waals surface area contributed by atoms with Crippen molar-refractivity contribution >= 4 is 17.5 Å². The molecule has 1 atom stereocenters. The molecule has 2 rings (SSSR count). The molecule has 1 saturated heterocycles. The van der Waals surface area contributed by atoms with Crippen LogP contribution in [-0.2, 0) is 4.79 Å². The molecule has 2 aliphatic rings. The fourth-order valence-corrected chi connectivity index (χ4v) is 2.41. The summed E-state index contributed by atoms with van der Waals surface area (Å²) in [5.74, 6) is 1.59. The first-order valence-electron chi connectivity index (χ1n) is 5.51. The lowest BCUT2D eigenvalue weighted by Gasteiger charge is -2.33. The van der Waals surface area contributed by atoms with Crippen LogP contribution in [0, 0.1) is 11.3 Å². The van der Waals surface area contributed by atoms with Crippen LogP contribution in [0.1, 0.15) is 32.6 Å². The number of hydrogen-bond acceptors (Lipinski definition) is 1. The number of piperidine rings is 1. The molecule has 3 heteroatoms. The zero-order valence-corrected chi connectivity index (χ0v) is 9.52. The van der Waals surface area contributed by atoms with Crippen LogP contribution in [0.2, 0.25) is 0 Å². The van der Waals surface area contributed by atoms with Crippen molar-refractivity contribution in [2.24, 2.45) is 11.3 Å². The molecule has 1 aliphatic carbocycles. The summed E-state index contributed by atoms with van der Waals surface area (Å²) in [7, 11) is 0. The molecule has 1 heterocycles. The summed E-state index contributed by atoms with van der Waals surface area (Å²) in [4.78, 5) is 14.1. The van der Waals surface area contributed by atoms with Gasteiger partial charge in [-0.25, -0.2) is 0 Å². The molecule has 2 fully saturated rings. The van der Waals surface area contributed by atoms with Gasteiger partial charge in [-0.3, -0.25) is 4.79 Å². The predicted molar refractivity (Wildman–Crippen MR) is 57.4 cm³/mol. The molecule has 2 nitrogen and oxygen atoms in total. The van der Waals surface area contributed by atoms with Crippen molar-refractivity contribution in [3.8, 4) is 0 Å². The summed E-state index contributed by atoms with van der Waals surface area (Å²) in [6, 6.07) is 0. The highest BCUT2D eigenvalue weighted by molar-refractivity contribution is 6.18. The van der Waals surface area contributed by atoms with Gasteiger partial charge in [0.2, 0.25) is 5.91 Å². The number of alkyl halides is 1. The molecule has 0 aromatic rings. The Labute approximate surface area is 90.6 Å². The van der Waals surface area contributed by atoms with Gasteiger partial charge in [-0.05, 0) is 31.6 Å². The molecule has 1 unspecified atom stereocenters. The van der Waals surface area contributed by atoms with E-state index in [-0.39, 0.29) is 5.41 Å². The molecule has 1 saturated carbocycles. The van der Waals surface area contributed by atoms with Gasteiger partial charge < -0.3 is 4.90 Å². The Morgan fingerprint density at radius 2 is 2.29 bits per heavy atom. The van der Waals surface area contributed by atoms with Crippen LogP contribution in [0.25, 0.3) is 0 Å². The van der Waals surface area contributed by atoms with E-state index < -0.39 is 0 Å². The second-order valence-electron chi connectivity index (χ2n) is 4.97. The van der Waals surface area contributed by atoms with Crippen LogP contribution in [-0.4, -0.2) is 29.8 Å². The third kappa shape index (κ3) is 1.90. The number of hydrogen-bond donors (Lipinski definition) is 0. The number of amides is 1. The van der Waals surface area contributed by atoms with E-state index >= 15 is 0 Å². The molecule has 1 amide bonds. The van der Waals surface area contributed by atoms with Crippen LogP contribution < -0.4 is 0 Å². The molecule has 0 aromatic heterocycles. The van der Waals surface area contributed by atoms with Crippen LogP contribution in [0.4, 0.5) is 0 Å². The molecular weight excluding hydrogens is 198 g/mol. The van der Waals surface area contributed by atoms with E-state index in [0.29, 0.717) is 17.7 Å². The zero-order valence-electron chi connectivity index (χ0n) is 8.76. The van der Waals surface area contributed by atoms with Crippen LogP contribution >= 0.6 is 11.6 Å². The molecule has 0 spiro atoms. The maximum absolute atomic E-state index is 12.0. The lowest BCUT2D eigenvalue weighted by molar-refractivity contribution is -0.138. The van der Waals surface area contributed by atoms with Gasteiger partial charge in [0, 0.05) is 24.4 Å². The quantitative estimate of drug-likeness (QED) is 0.648. The molecule has 0 radical (unpaired) electrons. The first-order chi connectivity index (χ1) is 6.65. The first kappa shape index (κ1) is 10.3. The molecule has 80 valence electrons. The second-order valence-corrected chi connectivity index (χ2v) is 5.28. The molecule has 14 heavy (non-hydrogen) atoms. The van der Waals surface area contributed by atoms with Gasteiger partial charge in [0.15, 0.2) is 0 Å². The molecule has 0 N–H and O–H groups in total. The maximum atomic E-state index is 12.0. The number of likely N-dealkylation sites (tertiary alicyclic amines) is 1. The normalized spacial score (nSPS) is 30.1. The van der Waals surface area contributed by atoms with Crippen molar-refractivity contribution < 1.29 is 4.79 Å². The number of nitrogens with zero attached hydrogens (tertiary/aromatic N) is 1. The van der Waals surface area contributed by atoms with Crippen molar-refractivity contribution in [3.63, 3.8) is 0 Å². The number of carbonyl (C=O) groups excluding carboxylic acids is 1. The molecular formula is C11H18ClNO. The predicted octanol–water partition coefficient (Wildman–Crippen LogP) is 2.26. The Bertz CT molecular complexity index is 237. The maximum Gasteiger partial charge on any atom is 0.228 e. The highest BCUT2D eigenvalue weighted by atomic mass is 35.5. The lowest BCUT2D eigenvalue weighted by atomic mass is 9.98. The van der Waals surface area contributed by atoms with Gasteiger partial charge in [0.05, 0.1) is 0 Å². The molecule has 0 aromatic carbocycles. The number of carbonyl (C=O) groups is 1. The Morgan fingerprint density at radius 1 is 1.57 bits per heavy atom. The molecule has 1 aliphatic heterocycles. The van der Waals surface area contributed by atoms with Crippen LogP contribution in [0.15, 0.2) is 0 Å². The average Bonchev–Trinajstić information content (AvgIpc) is 2.97. The first-order valence-corrected chi connectivity index (χ1v) is 6.04. The van der Waals surface area contributed by atoms with E-state index in [1.807, 2.05) is 4.90 Å². The summed E-state index contributed by atoms with van der Waals surface area (Å²) < 4.78 is 0. The summed E-state index contributed by atoms with van der Waals surface area (Å²) in [6.45, 7) is 3.92. The zero-order chi connectivity index (χ0) is 10.2. The van der Waals surface area contributed by atoms with Crippen LogP contribution in [0.3, 0.4) is 0 Å². The topological polar surface area (TPSA) is 20.3 Å². The van der Waals surface area contributed by atoms with Crippen molar-refractivity contribution in [3.05, 3.63) is 0 Å². The van der Waals surface area contributed by atoms with Gasteiger partial charge in [-0.15, -0.1) is 11.6 Å². The van der Waals surface area contributed by atoms with Gasteiger partial charge in [0.1, 0.15) is 0 Å². The summed E-state index contributed by atoms with van der Waals surface area (Å²) in [6.07, 6.45) is 4.46. The van der Waals surface area contributed by atoms with Crippen molar-refractivity contribution in [2.45, 2.75) is 32.6 Å². The highest BCUT2D eigenvalue weighted by Gasteiger charge is 2.47.